The SMILES string of the molecule is Cc1ccc(NC2=C(c3ccccc3)C(=O)N(c3ccc(N(C)C)cc3)C2=O)cc1. The van der Waals surface area contributed by atoms with Crippen molar-refractivity contribution >= 4 is 34.4 Å². The van der Waals surface area contributed by atoms with Crippen molar-refractivity contribution in [2.45, 2.75) is 6.92 Å². The Morgan fingerprint density at radius 1 is 0.767 bits per heavy atom. The fourth-order valence-corrected chi connectivity index (χ4v) is 3.43. The molecule has 0 atom stereocenters. The Bertz CT molecular complexity index is 1120. The molecule has 5 nitrogen and oxygen atoms in total. The Morgan fingerprint density at radius 3 is 2.00 bits per heavy atom. The summed E-state index contributed by atoms with van der Waals surface area (Å²) in [5.74, 6) is -0.699. The normalized spacial score (nSPS) is 13.8. The van der Waals surface area contributed by atoms with Crippen molar-refractivity contribution in [3.05, 3.63) is 95.7 Å². The van der Waals surface area contributed by atoms with E-state index in [0.717, 1.165) is 16.9 Å². The smallest absolute Gasteiger partial charge is 0.282 e. The topological polar surface area (TPSA) is 52.7 Å². The van der Waals surface area contributed by atoms with Crippen LogP contribution in [0.3, 0.4) is 0 Å². The molecular formula is C25H23N3O2. The van der Waals surface area contributed by atoms with E-state index in [1.807, 2.05) is 92.6 Å². The van der Waals surface area contributed by atoms with Crippen LogP contribution in [0, 0.1) is 6.92 Å². The van der Waals surface area contributed by atoms with Crippen LogP contribution in [0.2, 0.25) is 0 Å². The fourth-order valence-electron chi connectivity index (χ4n) is 3.43. The van der Waals surface area contributed by atoms with Crippen LogP contribution in [0.25, 0.3) is 5.57 Å². The van der Waals surface area contributed by atoms with Gasteiger partial charge in [-0.05, 0) is 48.9 Å². The van der Waals surface area contributed by atoms with Gasteiger partial charge in [-0.2, -0.15) is 0 Å². The molecule has 5 heteroatoms. The molecular weight excluding hydrogens is 374 g/mol. The van der Waals surface area contributed by atoms with Gasteiger partial charge in [0.2, 0.25) is 0 Å². The van der Waals surface area contributed by atoms with Crippen molar-refractivity contribution in [3.8, 4) is 0 Å². The molecule has 3 aromatic carbocycles. The van der Waals surface area contributed by atoms with Gasteiger partial charge in [0.1, 0.15) is 5.70 Å². The van der Waals surface area contributed by atoms with Gasteiger partial charge in [0, 0.05) is 25.5 Å². The zero-order valence-corrected chi connectivity index (χ0v) is 17.2. The third-order valence-electron chi connectivity index (χ3n) is 5.09. The van der Waals surface area contributed by atoms with Crippen LogP contribution in [0.4, 0.5) is 17.1 Å². The maximum atomic E-state index is 13.4. The Hall–Kier alpha value is -3.86. The molecule has 1 aliphatic rings. The lowest BCUT2D eigenvalue weighted by atomic mass is 10.0. The highest BCUT2D eigenvalue weighted by Gasteiger charge is 2.40. The molecule has 3 aromatic rings. The molecule has 0 saturated carbocycles. The summed E-state index contributed by atoms with van der Waals surface area (Å²) >= 11 is 0. The van der Waals surface area contributed by atoms with E-state index in [4.69, 9.17) is 0 Å². The average Bonchev–Trinajstić information content (AvgIpc) is 3.00. The molecule has 150 valence electrons. The zero-order valence-electron chi connectivity index (χ0n) is 17.2. The summed E-state index contributed by atoms with van der Waals surface area (Å²) in [5, 5.41) is 3.19. The number of hydrogen-bond donors (Lipinski definition) is 1. The van der Waals surface area contributed by atoms with Crippen molar-refractivity contribution in [3.63, 3.8) is 0 Å². The number of carbonyl (C=O) groups is 2. The number of carbonyl (C=O) groups excluding carboxylic acids is 2. The lowest BCUT2D eigenvalue weighted by molar-refractivity contribution is -0.120. The van der Waals surface area contributed by atoms with Gasteiger partial charge in [-0.1, -0.05) is 48.0 Å². The Kier molecular flexibility index (Phi) is 5.11. The predicted molar refractivity (Wildman–Crippen MR) is 121 cm³/mol. The highest BCUT2D eigenvalue weighted by atomic mass is 16.2. The first kappa shape index (κ1) is 19.5. The molecule has 0 bridgehead atoms. The van der Waals surface area contributed by atoms with E-state index >= 15 is 0 Å². The number of rotatable bonds is 5. The molecule has 0 radical (unpaired) electrons. The lowest BCUT2D eigenvalue weighted by Crippen LogP contribution is -2.32. The Labute approximate surface area is 176 Å². The quantitative estimate of drug-likeness (QED) is 0.646. The van der Waals surface area contributed by atoms with E-state index in [1.165, 1.54) is 4.90 Å². The minimum atomic E-state index is -0.364. The minimum Gasteiger partial charge on any atom is -0.378 e. The van der Waals surface area contributed by atoms with Gasteiger partial charge in [0.15, 0.2) is 0 Å². The number of nitrogens with zero attached hydrogens (tertiary/aromatic N) is 2. The third-order valence-corrected chi connectivity index (χ3v) is 5.09. The van der Waals surface area contributed by atoms with Crippen molar-refractivity contribution < 1.29 is 9.59 Å². The first-order valence-corrected chi connectivity index (χ1v) is 9.75. The molecule has 0 saturated heterocycles. The van der Waals surface area contributed by atoms with Crippen molar-refractivity contribution in [2.24, 2.45) is 0 Å². The summed E-state index contributed by atoms with van der Waals surface area (Å²) in [7, 11) is 3.89. The maximum absolute atomic E-state index is 13.4. The van der Waals surface area contributed by atoms with E-state index in [-0.39, 0.29) is 17.5 Å². The number of aryl methyl sites for hydroxylation is 1. The number of imide groups is 1. The lowest BCUT2D eigenvalue weighted by Gasteiger charge is -2.18. The molecule has 2 amide bonds. The highest BCUT2D eigenvalue weighted by Crippen LogP contribution is 2.34. The number of anilines is 3. The monoisotopic (exact) mass is 397 g/mol. The first-order chi connectivity index (χ1) is 14.5. The molecule has 0 spiro atoms. The van der Waals surface area contributed by atoms with Crippen molar-refractivity contribution in [1.29, 1.82) is 0 Å². The van der Waals surface area contributed by atoms with Gasteiger partial charge in [-0.15, -0.1) is 0 Å². The van der Waals surface area contributed by atoms with Gasteiger partial charge in [0.05, 0.1) is 11.3 Å². The molecule has 4 rings (SSSR count). The second-order valence-electron chi connectivity index (χ2n) is 7.46. The summed E-state index contributed by atoms with van der Waals surface area (Å²) in [4.78, 5) is 30.0. The van der Waals surface area contributed by atoms with Crippen molar-refractivity contribution in [2.75, 3.05) is 29.2 Å². The molecule has 0 aliphatic carbocycles. The van der Waals surface area contributed by atoms with E-state index in [1.54, 1.807) is 12.1 Å². The molecule has 0 fully saturated rings. The summed E-state index contributed by atoms with van der Waals surface area (Å²) in [6.45, 7) is 2.00. The molecule has 1 N–H and O–H groups in total. The summed E-state index contributed by atoms with van der Waals surface area (Å²) in [5.41, 5.74) is 4.78. The van der Waals surface area contributed by atoms with Crippen LogP contribution >= 0.6 is 0 Å². The molecule has 1 heterocycles. The molecule has 0 unspecified atom stereocenters. The van der Waals surface area contributed by atoms with Crippen molar-refractivity contribution in [1.82, 2.24) is 0 Å². The van der Waals surface area contributed by atoms with E-state index < -0.39 is 0 Å². The largest absolute Gasteiger partial charge is 0.378 e. The van der Waals surface area contributed by atoms with Gasteiger partial charge < -0.3 is 10.2 Å². The summed E-state index contributed by atoms with van der Waals surface area (Å²) < 4.78 is 0. The molecule has 0 aromatic heterocycles. The van der Waals surface area contributed by atoms with E-state index in [9.17, 15) is 9.59 Å². The Balaban J connectivity index is 1.76. The van der Waals surface area contributed by atoms with E-state index in [2.05, 4.69) is 5.32 Å². The molecule has 1 aliphatic heterocycles. The number of nitrogens with one attached hydrogen (secondary N) is 1. The van der Waals surface area contributed by atoms with Gasteiger partial charge >= 0.3 is 0 Å². The number of hydrogen-bond acceptors (Lipinski definition) is 4. The number of amides is 2. The standard InChI is InChI=1S/C25H23N3O2/c1-17-9-11-19(12-10-17)26-23-22(18-7-5-4-6-8-18)24(29)28(25(23)30)21-15-13-20(14-16-21)27(2)3/h4-16,26H,1-3H3. The van der Waals surface area contributed by atoms with Gasteiger partial charge in [-0.25, -0.2) is 4.90 Å². The maximum Gasteiger partial charge on any atom is 0.282 e. The zero-order chi connectivity index (χ0) is 21.3. The predicted octanol–water partition coefficient (Wildman–Crippen LogP) is 4.46. The second kappa shape index (κ2) is 7.87. The van der Waals surface area contributed by atoms with Crippen LogP contribution in [-0.4, -0.2) is 25.9 Å². The average molecular weight is 397 g/mol. The summed E-state index contributed by atoms with van der Waals surface area (Å²) in [6.07, 6.45) is 0. The number of benzene rings is 3. The fraction of sp³-hybridized carbons (Fsp3) is 0.120. The minimum absolute atomic E-state index is 0.284. The van der Waals surface area contributed by atoms with Crippen LogP contribution in [-0.2, 0) is 9.59 Å². The van der Waals surface area contributed by atoms with Crippen LogP contribution < -0.4 is 15.1 Å². The van der Waals surface area contributed by atoms with E-state index in [0.29, 0.717) is 16.8 Å². The van der Waals surface area contributed by atoms with Crippen LogP contribution in [0.1, 0.15) is 11.1 Å². The molecule has 30 heavy (non-hydrogen) atoms. The Morgan fingerprint density at radius 2 is 1.40 bits per heavy atom. The first-order valence-electron chi connectivity index (χ1n) is 9.75. The third kappa shape index (κ3) is 3.57. The van der Waals surface area contributed by atoms with Crippen LogP contribution in [0.15, 0.2) is 84.6 Å². The highest BCUT2D eigenvalue weighted by molar-refractivity contribution is 6.46. The van der Waals surface area contributed by atoms with Crippen LogP contribution in [0.5, 0.6) is 0 Å². The second-order valence-corrected chi connectivity index (χ2v) is 7.46. The van der Waals surface area contributed by atoms with Gasteiger partial charge in [0.25, 0.3) is 11.8 Å². The summed E-state index contributed by atoms with van der Waals surface area (Å²) in [6, 6.07) is 24.4. The van der Waals surface area contributed by atoms with Gasteiger partial charge in [-0.3, -0.25) is 9.59 Å².